The van der Waals surface area contributed by atoms with E-state index in [0.29, 0.717) is 23.9 Å². The lowest BCUT2D eigenvalue weighted by molar-refractivity contribution is -0.130. The quantitative estimate of drug-likeness (QED) is 0.843. The molecular weight excluding hydrogens is 363 g/mol. The Bertz CT molecular complexity index is 490. The van der Waals surface area contributed by atoms with Crippen molar-refractivity contribution >= 4 is 39.9 Å². The van der Waals surface area contributed by atoms with Crippen LogP contribution in [0.15, 0.2) is 22.7 Å². The van der Waals surface area contributed by atoms with Crippen molar-refractivity contribution in [3.63, 3.8) is 0 Å². The molecule has 0 aliphatic carbocycles. The van der Waals surface area contributed by atoms with Crippen molar-refractivity contribution in [2.75, 3.05) is 32.1 Å². The minimum atomic E-state index is -0.584. The van der Waals surface area contributed by atoms with Gasteiger partial charge < -0.3 is 15.4 Å². The average molecular weight is 382 g/mol. The van der Waals surface area contributed by atoms with Crippen LogP contribution in [0, 0.1) is 11.2 Å². The van der Waals surface area contributed by atoms with Gasteiger partial charge in [-0.1, -0.05) is 15.9 Å². The molecule has 0 unspecified atom stereocenters. The first-order valence-corrected chi connectivity index (χ1v) is 7.33. The Balaban J connectivity index is 0.00000220. The molecule has 1 amide bonds. The monoisotopic (exact) mass is 380 g/mol. The van der Waals surface area contributed by atoms with Gasteiger partial charge in [0, 0.05) is 11.6 Å². The van der Waals surface area contributed by atoms with E-state index in [4.69, 9.17) is 4.74 Å². The first-order valence-electron chi connectivity index (χ1n) is 6.53. The Morgan fingerprint density at radius 3 is 2.71 bits per heavy atom. The highest BCUT2D eigenvalue weighted by atomic mass is 79.9. The highest BCUT2D eigenvalue weighted by Crippen LogP contribution is 2.31. The zero-order valence-corrected chi connectivity index (χ0v) is 14.2. The fraction of sp³-hybridized carbons (Fsp3) is 0.500. The summed E-state index contributed by atoms with van der Waals surface area (Å²) in [4.78, 5) is 12.5. The molecule has 0 radical (unpaired) electrons. The second kappa shape index (κ2) is 8.08. The van der Waals surface area contributed by atoms with Crippen molar-refractivity contribution in [3.8, 4) is 0 Å². The van der Waals surface area contributed by atoms with E-state index in [2.05, 4.69) is 26.6 Å². The van der Waals surface area contributed by atoms with Gasteiger partial charge in [0.1, 0.15) is 5.82 Å². The largest absolute Gasteiger partial charge is 0.384 e. The molecule has 1 aromatic rings. The van der Waals surface area contributed by atoms with Gasteiger partial charge in [0.15, 0.2) is 0 Å². The minimum absolute atomic E-state index is 0. The van der Waals surface area contributed by atoms with Gasteiger partial charge >= 0.3 is 0 Å². The number of carbonyl (C=O) groups excluding carboxylic acids is 1. The van der Waals surface area contributed by atoms with E-state index in [1.165, 1.54) is 6.07 Å². The van der Waals surface area contributed by atoms with E-state index in [1.54, 1.807) is 19.2 Å². The number of nitrogens with one attached hydrogen (secondary N) is 2. The van der Waals surface area contributed by atoms with E-state index in [-0.39, 0.29) is 24.0 Å². The van der Waals surface area contributed by atoms with Crippen molar-refractivity contribution < 1.29 is 13.9 Å². The molecule has 21 heavy (non-hydrogen) atoms. The number of hydrogen-bond acceptors (Lipinski definition) is 3. The number of amides is 1. The maximum Gasteiger partial charge on any atom is 0.233 e. The third kappa shape index (κ3) is 4.39. The summed E-state index contributed by atoms with van der Waals surface area (Å²) in [5, 5.41) is 5.91. The van der Waals surface area contributed by atoms with Crippen LogP contribution >= 0.6 is 28.3 Å². The molecule has 2 N–H and O–H groups in total. The normalized spacial score (nSPS) is 16.9. The summed E-state index contributed by atoms with van der Waals surface area (Å²) in [6, 6.07) is 4.59. The number of halogens is 3. The van der Waals surface area contributed by atoms with Crippen LogP contribution in [-0.4, -0.2) is 32.7 Å². The highest BCUT2D eigenvalue weighted by molar-refractivity contribution is 9.10. The molecule has 0 spiro atoms. The second-order valence-electron chi connectivity index (χ2n) is 5.04. The van der Waals surface area contributed by atoms with Crippen LogP contribution < -0.4 is 10.6 Å². The van der Waals surface area contributed by atoms with Gasteiger partial charge in [-0.05, 0) is 44.1 Å². The molecule has 1 heterocycles. The Labute approximate surface area is 138 Å². The molecule has 1 saturated heterocycles. The number of benzene rings is 1. The summed E-state index contributed by atoms with van der Waals surface area (Å²) >= 11 is 3.19. The van der Waals surface area contributed by atoms with Gasteiger partial charge in [0.2, 0.25) is 5.91 Å². The van der Waals surface area contributed by atoms with Crippen LogP contribution in [0.4, 0.5) is 10.1 Å². The van der Waals surface area contributed by atoms with E-state index >= 15 is 0 Å². The molecule has 2 rings (SSSR count). The summed E-state index contributed by atoms with van der Waals surface area (Å²) in [7, 11) is 1.58. The molecular formula is C14H19BrClFN2O2. The number of ether oxygens (including phenoxy) is 1. The predicted octanol–water partition coefficient (Wildman–Crippen LogP) is 2.96. The van der Waals surface area contributed by atoms with Gasteiger partial charge in [-0.25, -0.2) is 4.39 Å². The topological polar surface area (TPSA) is 50.4 Å². The van der Waals surface area contributed by atoms with Gasteiger partial charge in [0.05, 0.1) is 17.7 Å². The van der Waals surface area contributed by atoms with E-state index in [9.17, 15) is 9.18 Å². The molecule has 0 saturated carbocycles. The molecule has 1 fully saturated rings. The highest BCUT2D eigenvalue weighted by Gasteiger charge is 2.39. The Morgan fingerprint density at radius 1 is 1.48 bits per heavy atom. The summed E-state index contributed by atoms with van der Waals surface area (Å²) in [5.41, 5.74) is -0.383. The van der Waals surface area contributed by atoms with Crippen LogP contribution in [0.5, 0.6) is 0 Å². The Kier molecular flexibility index (Phi) is 7.06. The van der Waals surface area contributed by atoms with Crippen LogP contribution in [0.3, 0.4) is 0 Å². The second-order valence-corrected chi connectivity index (χ2v) is 5.96. The van der Waals surface area contributed by atoms with Crippen molar-refractivity contribution in [2.24, 2.45) is 5.41 Å². The Morgan fingerprint density at radius 2 is 2.14 bits per heavy atom. The van der Waals surface area contributed by atoms with Crippen LogP contribution in [-0.2, 0) is 9.53 Å². The first kappa shape index (κ1) is 18.4. The Hall–Kier alpha value is -0.690. The molecule has 118 valence electrons. The van der Waals surface area contributed by atoms with Gasteiger partial charge in [0.25, 0.3) is 0 Å². The lowest BCUT2D eigenvalue weighted by atomic mass is 9.78. The maximum atomic E-state index is 13.8. The maximum absolute atomic E-state index is 13.8. The van der Waals surface area contributed by atoms with E-state index in [0.717, 1.165) is 13.1 Å². The number of piperidine rings is 1. The molecule has 1 aromatic carbocycles. The van der Waals surface area contributed by atoms with Crippen molar-refractivity contribution in [3.05, 3.63) is 28.5 Å². The number of rotatable bonds is 4. The molecule has 0 bridgehead atoms. The third-order valence-corrected chi connectivity index (χ3v) is 4.14. The summed E-state index contributed by atoms with van der Waals surface area (Å²) in [6.07, 6.45) is 1.37. The molecule has 1 aliphatic rings. The van der Waals surface area contributed by atoms with Gasteiger partial charge in [-0.15, -0.1) is 12.4 Å². The fourth-order valence-corrected chi connectivity index (χ4v) is 2.80. The van der Waals surface area contributed by atoms with Crippen molar-refractivity contribution in [1.29, 1.82) is 0 Å². The van der Waals surface area contributed by atoms with Crippen LogP contribution in [0.2, 0.25) is 0 Å². The average Bonchev–Trinajstić information content (AvgIpc) is 2.43. The van der Waals surface area contributed by atoms with E-state index in [1.807, 2.05) is 0 Å². The standard InChI is InChI=1S/C14H18BrFN2O2.ClH/c1-20-9-14(4-6-17-7-5-14)13(19)18-12-3-2-10(15)8-11(12)16;/h2-3,8,17H,4-7,9H2,1H3,(H,18,19);1H. The number of anilines is 1. The third-order valence-electron chi connectivity index (χ3n) is 3.64. The zero-order chi connectivity index (χ0) is 14.6. The molecule has 0 aromatic heterocycles. The van der Waals surface area contributed by atoms with Gasteiger partial charge in [-0.3, -0.25) is 4.79 Å². The number of methoxy groups -OCH3 is 1. The lowest BCUT2D eigenvalue weighted by Gasteiger charge is -2.35. The van der Waals surface area contributed by atoms with Gasteiger partial charge in [-0.2, -0.15) is 0 Å². The van der Waals surface area contributed by atoms with Crippen molar-refractivity contribution in [2.45, 2.75) is 12.8 Å². The summed E-state index contributed by atoms with van der Waals surface area (Å²) in [5.74, 6) is -0.628. The van der Waals surface area contributed by atoms with Crippen LogP contribution in [0.25, 0.3) is 0 Å². The smallest absolute Gasteiger partial charge is 0.233 e. The fourth-order valence-electron chi connectivity index (χ4n) is 2.46. The molecule has 0 atom stereocenters. The van der Waals surface area contributed by atoms with Crippen LogP contribution in [0.1, 0.15) is 12.8 Å². The first-order chi connectivity index (χ1) is 9.57. The SMILES string of the molecule is COCC1(C(=O)Nc2ccc(Br)cc2F)CCNCC1.Cl. The molecule has 7 heteroatoms. The van der Waals surface area contributed by atoms with E-state index < -0.39 is 11.2 Å². The zero-order valence-electron chi connectivity index (χ0n) is 11.7. The number of carbonyl (C=O) groups is 1. The lowest BCUT2D eigenvalue weighted by Crippen LogP contribution is -2.47. The molecule has 1 aliphatic heterocycles. The molecule has 4 nitrogen and oxygen atoms in total. The predicted molar refractivity (Wildman–Crippen MR) is 86.4 cm³/mol. The summed E-state index contributed by atoms with van der Waals surface area (Å²) < 4.78 is 19.6. The summed E-state index contributed by atoms with van der Waals surface area (Å²) in [6.45, 7) is 1.87. The minimum Gasteiger partial charge on any atom is -0.384 e. The number of hydrogen-bond donors (Lipinski definition) is 2. The van der Waals surface area contributed by atoms with Crippen molar-refractivity contribution in [1.82, 2.24) is 5.32 Å².